The zero-order valence-corrected chi connectivity index (χ0v) is 16.6. The maximum Gasteiger partial charge on any atom is 0.184 e. The Morgan fingerprint density at radius 1 is 0.889 bits per heavy atom. The van der Waals surface area contributed by atoms with Crippen molar-refractivity contribution >= 4 is 16.6 Å². The molecule has 0 spiro atoms. The molecule has 0 N–H and O–H groups in total. The Hall–Kier alpha value is 0.354. The van der Waals surface area contributed by atoms with Gasteiger partial charge in [0.25, 0.3) is 0 Å². The van der Waals surface area contributed by atoms with Crippen LogP contribution in [-0.2, 0) is 8.85 Å². The van der Waals surface area contributed by atoms with Crippen LogP contribution in [-0.4, -0.2) is 28.3 Å². The van der Waals surface area contributed by atoms with Gasteiger partial charge in [0.05, 0.1) is 0 Å². The maximum absolute atomic E-state index is 5.76. The van der Waals surface area contributed by atoms with E-state index in [1.54, 1.807) is 0 Å². The molecule has 0 aliphatic carbocycles. The van der Waals surface area contributed by atoms with E-state index in [1.807, 2.05) is 0 Å². The van der Waals surface area contributed by atoms with Crippen molar-refractivity contribution in [2.45, 2.75) is 92.0 Å². The van der Waals surface area contributed by atoms with Crippen molar-refractivity contribution in [2.75, 3.05) is 0 Å². The van der Waals surface area contributed by atoms with Crippen LogP contribution < -0.4 is 0 Å². The Bertz CT molecular complexity index is 197. The summed E-state index contributed by atoms with van der Waals surface area (Å²) in [4.78, 5) is 0. The van der Waals surface area contributed by atoms with Crippen LogP contribution in [0.15, 0.2) is 0 Å². The Morgan fingerprint density at radius 3 is 1.33 bits per heavy atom. The van der Waals surface area contributed by atoms with E-state index in [-0.39, 0.29) is 5.60 Å². The van der Waals surface area contributed by atoms with E-state index >= 15 is 0 Å². The molecule has 0 heterocycles. The summed E-state index contributed by atoms with van der Waals surface area (Å²) < 4.78 is 11.5. The van der Waals surface area contributed by atoms with E-state index in [0.717, 1.165) is 6.42 Å². The summed E-state index contributed by atoms with van der Waals surface area (Å²) in [6, 6.07) is 0. The molecule has 0 saturated heterocycles. The normalized spacial score (nSPS) is 14.8. The highest BCUT2D eigenvalue weighted by Crippen LogP contribution is 2.15. The fourth-order valence-corrected chi connectivity index (χ4v) is 4.82. The van der Waals surface area contributed by atoms with Gasteiger partial charge >= 0.3 is 0 Å². The van der Waals surface area contributed by atoms with Gasteiger partial charge in [-0.2, -0.15) is 0 Å². The van der Waals surface area contributed by atoms with Crippen LogP contribution in [0.1, 0.15) is 41.0 Å². The van der Waals surface area contributed by atoms with Gasteiger partial charge in [0, 0.05) is 11.7 Å². The third-order valence-electron chi connectivity index (χ3n) is 1.74. The van der Waals surface area contributed by atoms with Gasteiger partial charge in [-0.3, -0.25) is 0 Å². The molecule has 0 bridgehead atoms. The lowest BCUT2D eigenvalue weighted by molar-refractivity contribution is 0.122. The highest BCUT2D eigenvalue weighted by atomic mass is 28.4. The second-order valence-corrected chi connectivity index (χ2v) is 16.7. The maximum atomic E-state index is 5.76. The first-order valence-electron chi connectivity index (χ1n) is 7.04. The first kappa shape index (κ1) is 20.7. The Balaban J connectivity index is 0. The molecular formula is C14H36O2Si2. The molecule has 0 aliphatic rings. The number of hydrogen-bond acceptors (Lipinski definition) is 2. The van der Waals surface area contributed by atoms with Gasteiger partial charge in [0.1, 0.15) is 0 Å². The van der Waals surface area contributed by atoms with Gasteiger partial charge in [-0.05, 0) is 73.4 Å². The Labute approximate surface area is 118 Å². The predicted molar refractivity (Wildman–Crippen MR) is 88.4 cm³/mol. The van der Waals surface area contributed by atoms with Crippen molar-refractivity contribution in [1.29, 1.82) is 0 Å². The number of rotatable bonds is 4. The Kier molecular flexibility index (Phi) is 8.98. The minimum absolute atomic E-state index is 0.0461. The van der Waals surface area contributed by atoms with Gasteiger partial charge in [0.2, 0.25) is 0 Å². The van der Waals surface area contributed by atoms with Crippen molar-refractivity contribution in [2.24, 2.45) is 0 Å². The van der Waals surface area contributed by atoms with E-state index in [1.165, 1.54) is 0 Å². The van der Waals surface area contributed by atoms with E-state index in [0.29, 0.717) is 6.10 Å². The molecule has 4 heteroatoms. The third kappa shape index (κ3) is 21.6. The molecule has 0 aromatic rings. The lowest BCUT2D eigenvalue weighted by Crippen LogP contribution is -2.35. The monoisotopic (exact) mass is 292 g/mol. The molecule has 0 amide bonds. The summed E-state index contributed by atoms with van der Waals surface area (Å²) in [7, 11) is -2.53. The second kappa shape index (κ2) is 7.83. The summed E-state index contributed by atoms with van der Waals surface area (Å²) in [5.41, 5.74) is 0.0461. The van der Waals surface area contributed by atoms with Crippen LogP contribution in [0.3, 0.4) is 0 Å². The average molecular weight is 293 g/mol. The summed E-state index contributed by atoms with van der Waals surface area (Å²) in [6.45, 7) is 23.9. The molecule has 0 aromatic heterocycles. The molecule has 0 rings (SSSR count). The average Bonchev–Trinajstić information content (AvgIpc) is 1.94. The van der Waals surface area contributed by atoms with Gasteiger partial charge in [0.15, 0.2) is 16.6 Å². The Morgan fingerprint density at radius 2 is 1.28 bits per heavy atom. The largest absolute Gasteiger partial charge is 0.415 e. The fraction of sp³-hybridized carbons (Fsp3) is 1.00. The van der Waals surface area contributed by atoms with Crippen molar-refractivity contribution in [3.05, 3.63) is 0 Å². The molecule has 0 fully saturated rings. The quantitative estimate of drug-likeness (QED) is 0.657. The first-order chi connectivity index (χ1) is 7.66. The van der Waals surface area contributed by atoms with E-state index in [9.17, 15) is 0 Å². The molecule has 1 unspecified atom stereocenters. The highest BCUT2D eigenvalue weighted by Gasteiger charge is 2.22. The van der Waals surface area contributed by atoms with Crippen LogP contribution in [0.2, 0.25) is 39.3 Å². The lowest BCUT2D eigenvalue weighted by Gasteiger charge is -2.29. The zero-order chi connectivity index (χ0) is 15.2. The molecular weight excluding hydrogens is 256 g/mol. The minimum atomic E-state index is -1.29. The first-order valence-corrected chi connectivity index (χ1v) is 13.9. The highest BCUT2D eigenvalue weighted by molar-refractivity contribution is 6.70. The van der Waals surface area contributed by atoms with Crippen LogP contribution >= 0.6 is 0 Å². The molecule has 18 heavy (non-hydrogen) atoms. The number of hydrogen-bond donors (Lipinski definition) is 0. The summed E-state index contributed by atoms with van der Waals surface area (Å²) in [6.07, 6.45) is 1.58. The minimum Gasteiger partial charge on any atom is -0.415 e. The van der Waals surface area contributed by atoms with Crippen molar-refractivity contribution < 1.29 is 8.85 Å². The van der Waals surface area contributed by atoms with Crippen molar-refractivity contribution in [3.8, 4) is 0 Å². The standard InChI is InChI=1S/2C7H18OSi/c1-7(2,3)8-9(4,5)6;1-6-7(2)8-9(3,4)5/h1-6H3;7H,6H2,1-5H3. The lowest BCUT2D eigenvalue weighted by atomic mass is 10.2. The topological polar surface area (TPSA) is 18.5 Å². The van der Waals surface area contributed by atoms with Gasteiger partial charge in [-0.15, -0.1) is 0 Å². The molecule has 2 nitrogen and oxygen atoms in total. The van der Waals surface area contributed by atoms with Crippen molar-refractivity contribution in [1.82, 2.24) is 0 Å². The van der Waals surface area contributed by atoms with Crippen LogP contribution in [0.5, 0.6) is 0 Å². The van der Waals surface area contributed by atoms with E-state index in [2.05, 4.69) is 73.9 Å². The molecule has 0 aromatic carbocycles. The summed E-state index contributed by atoms with van der Waals surface area (Å²) >= 11 is 0. The molecule has 0 aliphatic heterocycles. The predicted octanol–water partition coefficient (Wildman–Crippen LogP) is 5.27. The summed E-state index contributed by atoms with van der Waals surface area (Å²) in [5.74, 6) is 0. The third-order valence-corrected chi connectivity index (χ3v) is 4.08. The molecule has 0 radical (unpaired) electrons. The second-order valence-electron chi connectivity index (χ2n) is 7.78. The summed E-state index contributed by atoms with van der Waals surface area (Å²) in [5, 5.41) is 0. The zero-order valence-electron chi connectivity index (χ0n) is 14.6. The van der Waals surface area contributed by atoms with E-state index < -0.39 is 16.6 Å². The molecule has 112 valence electrons. The van der Waals surface area contributed by atoms with Crippen LogP contribution in [0, 0.1) is 0 Å². The van der Waals surface area contributed by atoms with Gasteiger partial charge in [-0.1, -0.05) is 6.92 Å². The van der Waals surface area contributed by atoms with Crippen molar-refractivity contribution in [3.63, 3.8) is 0 Å². The van der Waals surface area contributed by atoms with Gasteiger partial charge in [-0.25, -0.2) is 0 Å². The smallest absolute Gasteiger partial charge is 0.184 e. The van der Waals surface area contributed by atoms with Crippen LogP contribution in [0.4, 0.5) is 0 Å². The SMILES string of the molecule is CC(C)(C)O[Si](C)(C)C.CCC(C)O[Si](C)(C)C. The molecule has 0 saturated carbocycles. The van der Waals surface area contributed by atoms with Crippen LogP contribution in [0.25, 0.3) is 0 Å². The van der Waals surface area contributed by atoms with Gasteiger partial charge < -0.3 is 8.85 Å². The molecule has 1 atom stereocenters. The fourth-order valence-electron chi connectivity index (χ4n) is 1.61. The van der Waals surface area contributed by atoms with E-state index in [4.69, 9.17) is 8.85 Å².